The molecule has 20 heavy (non-hydrogen) atoms. The first-order chi connectivity index (χ1) is 9.87. The summed E-state index contributed by atoms with van der Waals surface area (Å²) >= 11 is 0. The summed E-state index contributed by atoms with van der Waals surface area (Å²) < 4.78 is 0. The molecule has 106 valence electrons. The van der Waals surface area contributed by atoms with Gasteiger partial charge in [0.1, 0.15) is 0 Å². The molecular formula is C20H26. The summed E-state index contributed by atoms with van der Waals surface area (Å²) in [6, 6.07) is 0. The smallest absolute Gasteiger partial charge is 0.0169 e. The molecule has 0 aliphatic heterocycles. The number of fused-ring (bicyclic) bond motifs is 11. The Labute approximate surface area is 122 Å². The molecule has 6 bridgehead atoms. The molecule has 0 heteroatoms. The summed E-state index contributed by atoms with van der Waals surface area (Å²) in [5.74, 6) is 10.6. The van der Waals surface area contributed by atoms with Crippen molar-refractivity contribution >= 4 is 0 Å². The van der Waals surface area contributed by atoms with Crippen LogP contribution in [-0.4, -0.2) is 0 Å². The molecule has 0 aromatic heterocycles. The molecule has 0 spiro atoms. The molecule has 0 aromatic carbocycles. The second-order valence-corrected chi connectivity index (χ2v) is 9.76. The number of allylic oxidation sites excluding steroid dienone is 2. The van der Waals surface area contributed by atoms with Gasteiger partial charge in [-0.05, 0) is 110 Å². The highest BCUT2D eigenvalue weighted by Gasteiger charge is 2.77. The predicted octanol–water partition coefficient (Wildman–Crippen LogP) is 4.66. The third kappa shape index (κ3) is 0.844. The number of rotatable bonds is 0. The Morgan fingerprint density at radius 2 is 1.90 bits per heavy atom. The summed E-state index contributed by atoms with van der Waals surface area (Å²) in [5.41, 5.74) is 2.83. The van der Waals surface area contributed by atoms with Gasteiger partial charge in [-0.25, -0.2) is 0 Å². The third-order valence-electron chi connectivity index (χ3n) is 9.88. The van der Waals surface area contributed by atoms with Gasteiger partial charge in [0.15, 0.2) is 0 Å². The fourth-order valence-corrected chi connectivity index (χ4v) is 9.90. The average Bonchev–Trinajstić information content (AvgIpc) is 3.22. The molecule has 0 aromatic rings. The van der Waals surface area contributed by atoms with Crippen LogP contribution in [0.4, 0.5) is 0 Å². The van der Waals surface area contributed by atoms with Crippen LogP contribution in [0.5, 0.6) is 0 Å². The second kappa shape index (κ2) is 2.95. The van der Waals surface area contributed by atoms with Crippen molar-refractivity contribution in [1.29, 1.82) is 0 Å². The van der Waals surface area contributed by atoms with E-state index in [4.69, 9.17) is 0 Å². The average molecular weight is 266 g/mol. The van der Waals surface area contributed by atoms with Crippen molar-refractivity contribution in [2.45, 2.75) is 51.4 Å². The van der Waals surface area contributed by atoms with Gasteiger partial charge < -0.3 is 0 Å². The molecule has 0 N–H and O–H groups in total. The van der Waals surface area contributed by atoms with Gasteiger partial charge in [0, 0.05) is 0 Å². The molecule has 6 saturated carbocycles. The van der Waals surface area contributed by atoms with Crippen LogP contribution in [-0.2, 0) is 0 Å². The van der Waals surface area contributed by atoms with E-state index >= 15 is 0 Å². The molecule has 0 amide bonds. The Bertz CT molecular complexity index is 544. The lowest BCUT2D eigenvalue weighted by Crippen LogP contribution is -2.54. The Hall–Kier alpha value is -0.260. The van der Waals surface area contributed by atoms with Crippen molar-refractivity contribution in [2.75, 3.05) is 0 Å². The molecule has 0 saturated heterocycles. The molecule has 6 fully saturated rings. The van der Waals surface area contributed by atoms with Crippen LogP contribution >= 0.6 is 0 Å². The van der Waals surface area contributed by atoms with Crippen LogP contribution in [0.3, 0.4) is 0 Å². The lowest BCUT2D eigenvalue weighted by molar-refractivity contribution is -0.111. The second-order valence-electron chi connectivity index (χ2n) is 9.76. The van der Waals surface area contributed by atoms with E-state index in [1.165, 1.54) is 54.3 Å². The monoisotopic (exact) mass is 266 g/mol. The van der Waals surface area contributed by atoms with Gasteiger partial charge in [0.05, 0.1) is 0 Å². The van der Waals surface area contributed by atoms with E-state index < -0.39 is 0 Å². The zero-order valence-corrected chi connectivity index (χ0v) is 12.4. The van der Waals surface area contributed by atoms with Gasteiger partial charge in [-0.2, -0.15) is 0 Å². The molecule has 10 unspecified atom stereocenters. The van der Waals surface area contributed by atoms with E-state index in [0.717, 1.165) is 17.3 Å². The minimum atomic E-state index is 0.904. The van der Waals surface area contributed by atoms with Crippen molar-refractivity contribution in [3.8, 4) is 0 Å². The topological polar surface area (TPSA) is 0 Å². The highest BCUT2D eigenvalue weighted by Crippen LogP contribution is 2.84. The first-order valence-corrected chi connectivity index (χ1v) is 9.56. The fraction of sp³-hybridized carbons (Fsp3) is 0.900. The lowest BCUT2D eigenvalue weighted by Gasteiger charge is -2.60. The first kappa shape index (κ1) is 10.5. The van der Waals surface area contributed by atoms with Crippen molar-refractivity contribution in [3.63, 3.8) is 0 Å². The number of hydrogen-bond donors (Lipinski definition) is 0. The van der Waals surface area contributed by atoms with Crippen LogP contribution in [0.15, 0.2) is 11.6 Å². The Balaban J connectivity index is 1.37. The lowest BCUT2D eigenvalue weighted by atomic mass is 9.44. The van der Waals surface area contributed by atoms with Gasteiger partial charge in [0.25, 0.3) is 0 Å². The molecule has 10 atom stereocenters. The van der Waals surface area contributed by atoms with E-state index in [1.54, 1.807) is 38.5 Å². The molecular weight excluding hydrogens is 240 g/mol. The molecule has 7 aliphatic rings. The van der Waals surface area contributed by atoms with Crippen LogP contribution in [0.2, 0.25) is 0 Å². The summed E-state index contributed by atoms with van der Waals surface area (Å²) in [6.45, 7) is 0. The zero-order chi connectivity index (χ0) is 12.6. The van der Waals surface area contributed by atoms with E-state index in [0.29, 0.717) is 0 Å². The first-order valence-electron chi connectivity index (χ1n) is 9.56. The van der Waals surface area contributed by atoms with Gasteiger partial charge in [-0.1, -0.05) is 11.6 Å². The van der Waals surface area contributed by atoms with Crippen LogP contribution < -0.4 is 0 Å². The summed E-state index contributed by atoms with van der Waals surface area (Å²) in [7, 11) is 0. The van der Waals surface area contributed by atoms with Crippen molar-refractivity contribution in [3.05, 3.63) is 11.6 Å². The quantitative estimate of drug-likeness (QED) is 0.559. The Morgan fingerprint density at radius 1 is 0.950 bits per heavy atom. The standard InChI is InChI=1S/C20H26/c1-2-11-7-10(1)14-5-6-20-9-15(19(20)16(11)14)17-12-3-4-13(8-12)18(17)20/h1,11-19H,2-9H2. The summed E-state index contributed by atoms with van der Waals surface area (Å²) in [5, 5.41) is 0. The van der Waals surface area contributed by atoms with Gasteiger partial charge in [-0.3, -0.25) is 0 Å². The van der Waals surface area contributed by atoms with Crippen LogP contribution in [0.25, 0.3) is 0 Å². The van der Waals surface area contributed by atoms with E-state index in [9.17, 15) is 0 Å². The maximum atomic E-state index is 2.65. The SMILES string of the molecule is C1=C2CC(C1)C1C2CCC23CC(C4C5CCC(C5)C42)C13. The highest BCUT2D eigenvalue weighted by atomic mass is 14.8. The molecule has 0 nitrogen and oxygen atoms in total. The highest BCUT2D eigenvalue weighted by molar-refractivity contribution is 5.32. The zero-order valence-electron chi connectivity index (χ0n) is 12.4. The minimum absolute atomic E-state index is 0.904. The molecule has 0 heterocycles. The van der Waals surface area contributed by atoms with Crippen molar-refractivity contribution in [1.82, 2.24) is 0 Å². The number of hydrogen-bond acceptors (Lipinski definition) is 0. The van der Waals surface area contributed by atoms with Crippen LogP contribution in [0, 0.1) is 58.7 Å². The fourth-order valence-electron chi connectivity index (χ4n) is 9.90. The van der Waals surface area contributed by atoms with Crippen LogP contribution in [0.1, 0.15) is 51.4 Å². The van der Waals surface area contributed by atoms with Gasteiger partial charge >= 0.3 is 0 Å². The van der Waals surface area contributed by atoms with Gasteiger partial charge in [-0.15, -0.1) is 0 Å². The maximum absolute atomic E-state index is 2.65. The predicted molar refractivity (Wildman–Crippen MR) is 78.9 cm³/mol. The van der Waals surface area contributed by atoms with E-state index in [2.05, 4.69) is 6.08 Å². The molecule has 0 radical (unpaired) electrons. The molecule has 7 aliphatic carbocycles. The Morgan fingerprint density at radius 3 is 2.90 bits per heavy atom. The maximum Gasteiger partial charge on any atom is -0.0169 e. The largest absolute Gasteiger partial charge is 0.0847 e. The van der Waals surface area contributed by atoms with Crippen molar-refractivity contribution in [2.24, 2.45) is 58.7 Å². The normalized spacial score (nSPS) is 70.4. The Kier molecular flexibility index (Phi) is 1.54. The summed E-state index contributed by atoms with van der Waals surface area (Å²) in [6.07, 6.45) is 15.5. The van der Waals surface area contributed by atoms with E-state index in [-0.39, 0.29) is 0 Å². The molecule has 7 rings (SSSR count). The van der Waals surface area contributed by atoms with Crippen molar-refractivity contribution < 1.29 is 0 Å². The minimum Gasteiger partial charge on any atom is -0.0847 e. The third-order valence-corrected chi connectivity index (χ3v) is 9.88. The summed E-state index contributed by atoms with van der Waals surface area (Å²) in [4.78, 5) is 0. The van der Waals surface area contributed by atoms with Gasteiger partial charge in [0.2, 0.25) is 0 Å². The van der Waals surface area contributed by atoms with E-state index in [1.807, 2.05) is 5.57 Å².